The van der Waals surface area contributed by atoms with Crippen LogP contribution in [0, 0.1) is 12.0 Å². The second-order valence-corrected chi connectivity index (χ2v) is 11.6. The number of nitrogen functional groups attached to an aromatic ring is 1. The van der Waals surface area contributed by atoms with E-state index in [0.717, 1.165) is 5.56 Å². The van der Waals surface area contributed by atoms with Crippen molar-refractivity contribution in [2.45, 2.75) is 75.9 Å². The molecule has 2 aliphatic rings. The minimum atomic E-state index is -4.22. The van der Waals surface area contributed by atoms with E-state index in [2.05, 4.69) is 15.1 Å². The molecule has 5 rings (SSSR count). The molecule has 3 N–H and O–H groups in total. The standard InChI is InChI=1S/C28H30F3N5O3/c1-25(2,16-37)36-24(32)23(33-3)22(34-36)18-6-4-17(5-7-18)12-19(38)13-20-14-21(35-39-20)26-8-10-27(15-26,11-9-26)28(29,30)31/h4-7,14,37H,8-13,15-16,32H2,1-2H3. The second-order valence-electron chi connectivity index (χ2n) is 11.6. The molecule has 2 fully saturated rings. The lowest BCUT2D eigenvalue weighted by atomic mass is 9.80. The summed E-state index contributed by atoms with van der Waals surface area (Å²) in [5.41, 5.74) is 5.61. The summed E-state index contributed by atoms with van der Waals surface area (Å²) in [7, 11) is 0. The van der Waals surface area contributed by atoms with Crippen LogP contribution in [-0.4, -0.2) is 38.6 Å². The number of alkyl halides is 3. The first-order chi connectivity index (χ1) is 18.3. The molecule has 3 aromatic rings. The van der Waals surface area contributed by atoms with Crippen LogP contribution in [-0.2, 0) is 28.6 Å². The summed E-state index contributed by atoms with van der Waals surface area (Å²) >= 11 is 0. The zero-order chi connectivity index (χ0) is 28.2. The molecule has 2 aliphatic carbocycles. The number of carbonyl (C=O) groups is 1. The van der Waals surface area contributed by atoms with Crippen LogP contribution in [0.5, 0.6) is 0 Å². The average Bonchev–Trinajstić information content (AvgIpc) is 3.67. The molecule has 0 aliphatic heterocycles. The topological polar surface area (TPSA) is 112 Å². The Balaban J connectivity index is 1.26. The molecule has 0 amide bonds. The lowest BCUT2D eigenvalue weighted by Crippen LogP contribution is -2.33. The smallest absolute Gasteiger partial charge is 0.394 e. The van der Waals surface area contributed by atoms with Gasteiger partial charge < -0.3 is 15.4 Å². The third-order valence-corrected chi connectivity index (χ3v) is 8.51. The van der Waals surface area contributed by atoms with Gasteiger partial charge in [0.05, 0.1) is 36.2 Å². The maximum atomic E-state index is 13.6. The molecule has 0 saturated heterocycles. The molecule has 8 nitrogen and oxygen atoms in total. The van der Waals surface area contributed by atoms with E-state index in [9.17, 15) is 23.1 Å². The van der Waals surface area contributed by atoms with Gasteiger partial charge in [-0.2, -0.15) is 18.3 Å². The van der Waals surface area contributed by atoms with Gasteiger partial charge in [0, 0.05) is 17.9 Å². The predicted octanol–water partition coefficient (Wildman–Crippen LogP) is 5.52. The Bertz CT molecular complexity index is 1440. The highest BCUT2D eigenvalue weighted by Crippen LogP contribution is 2.67. The molecule has 0 spiro atoms. The Labute approximate surface area is 223 Å². The summed E-state index contributed by atoms with van der Waals surface area (Å²) in [6.07, 6.45) is -2.99. The van der Waals surface area contributed by atoms with Crippen LogP contribution >= 0.6 is 0 Å². The predicted molar refractivity (Wildman–Crippen MR) is 137 cm³/mol. The van der Waals surface area contributed by atoms with Crippen LogP contribution in [0.2, 0.25) is 0 Å². The number of hydrogen-bond acceptors (Lipinski definition) is 6. The van der Waals surface area contributed by atoms with Crippen LogP contribution < -0.4 is 5.73 Å². The van der Waals surface area contributed by atoms with Crippen LogP contribution in [0.15, 0.2) is 34.9 Å². The zero-order valence-electron chi connectivity index (χ0n) is 21.8. The van der Waals surface area contributed by atoms with Crippen molar-refractivity contribution in [3.8, 4) is 11.3 Å². The number of aliphatic hydroxyl groups is 1. The number of carbonyl (C=O) groups excluding carboxylic acids is 1. The SMILES string of the molecule is [C-]#[N+]c1c(-c2ccc(CC(=O)Cc3cc(C45CCC(C(F)(F)F)(CC4)C5)no3)cc2)nn(C(C)(C)CO)c1N. The van der Waals surface area contributed by atoms with Gasteiger partial charge in [-0.15, -0.1) is 0 Å². The molecule has 11 heteroatoms. The quantitative estimate of drug-likeness (QED) is 0.364. The molecule has 0 unspecified atom stereocenters. The third-order valence-electron chi connectivity index (χ3n) is 8.51. The summed E-state index contributed by atoms with van der Waals surface area (Å²) in [4.78, 5) is 16.3. The van der Waals surface area contributed by atoms with Gasteiger partial charge in [0.2, 0.25) is 0 Å². The van der Waals surface area contributed by atoms with Crippen molar-refractivity contribution >= 4 is 17.3 Å². The van der Waals surface area contributed by atoms with Crippen LogP contribution in [0.3, 0.4) is 0 Å². The van der Waals surface area contributed by atoms with Gasteiger partial charge in [0.1, 0.15) is 23.1 Å². The second kappa shape index (κ2) is 9.23. The van der Waals surface area contributed by atoms with Crippen LogP contribution in [0.1, 0.15) is 63.0 Å². The van der Waals surface area contributed by atoms with Gasteiger partial charge in [0.25, 0.3) is 5.69 Å². The minimum Gasteiger partial charge on any atom is -0.394 e. The first kappa shape index (κ1) is 26.9. The van der Waals surface area contributed by atoms with Gasteiger partial charge in [-0.1, -0.05) is 29.4 Å². The molecule has 1 aromatic carbocycles. The molecule has 2 heterocycles. The number of nitrogens with zero attached hydrogens (tertiary/aromatic N) is 4. The molecule has 2 aromatic heterocycles. The van der Waals surface area contributed by atoms with Crippen molar-refractivity contribution in [3.05, 3.63) is 58.8 Å². The number of fused-ring (bicyclic) bond motifs is 2. The molecule has 2 saturated carbocycles. The number of rotatable bonds is 8. The molecular weight excluding hydrogens is 511 g/mol. The van der Waals surface area contributed by atoms with E-state index in [1.807, 2.05) is 0 Å². The number of halogens is 3. The number of hydrogen-bond donors (Lipinski definition) is 2. The largest absolute Gasteiger partial charge is 0.394 e. The third kappa shape index (κ3) is 4.50. The van der Waals surface area contributed by atoms with E-state index < -0.39 is 22.5 Å². The van der Waals surface area contributed by atoms with Crippen molar-refractivity contribution in [2.75, 3.05) is 12.3 Å². The number of nitrogens with two attached hydrogens (primary N) is 1. The van der Waals surface area contributed by atoms with E-state index in [1.165, 1.54) is 4.68 Å². The van der Waals surface area contributed by atoms with Crippen molar-refractivity contribution in [2.24, 2.45) is 5.41 Å². The summed E-state index contributed by atoms with van der Waals surface area (Å²) < 4.78 is 47.7. The summed E-state index contributed by atoms with van der Waals surface area (Å²) in [5.74, 6) is 0.403. The maximum absolute atomic E-state index is 13.6. The van der Waals surface area contributed by atoms with E-state index in [4.69, 9.17) is 16.8 Å². The Hall–Kier alpha value is -3.65. The highest BCUT2D eigenvalue weighted by Gasteiger charge is 2.67. The van der Waals surface area contributed by atoms with Crippen molar-refractivity contribution in [1.29, 1.82) is 0 Å². The van der Waals surface area contributed by atoms with Crippen molar-refractivity contribution in [3.63, 3.8) is 0 Å². The van der Waals surface area contributed by atoms with E-state index in [0.29, 0.717) is 35.6 Å². The molecule has 39 heavy (non-hydrogen) atoms. The van der Waals surface area contributed by atoms with Gasteiger partial charge in [-0.25, -0.2) is 4.85 Å². The number of Topliss-reactive ketones (excluding diaryl/α,β-unsaturated/α-hetero) is 1. The number of ketones is 1. The minimum absolute atomic E-state index is 0.00566. The first-order valence-corrected chi connectivity index (χ1v) is 12.8. The highest BCUT2D eigenvalue weighted by molar-refractivity contribution is 5.85. The van der Waals surface area contributed by atoms with Crippen molar-refractivity contribution < 1.29 is 27.6 Å². The Morgan fingerprint density at radius 1 is 1.18 bits per heavy atom. The Morgan fingerprint density at radius 2 is 1.85 bits per heavy atom. The Morgan fingerprint density at radius 3 is 2.41 bits per heavy atom. The average molecular weight is 542 g/mol. The number of aliphatic hydroxyl groups excluding tert-OH is 1. The summed E-state index contributed by atoms with van der Waals surface area (Å²) in [5, 5.41) is 18.2. The monoisotopic (exact) mass is 541 g/mol. The van der Waals surface area contributed by atoms with Gasteiger partial charge >= 0.3 is 6.18 Å². The number of anilines is 1. The zero-order valence-corrected chi connectivity index (χ0v) is 21.8. The maximum Gasteiger partial charge on any atom is 0.394 e. The fourth-order valence-electron chi connectivity index (χ4n) is 6.11. The highest BCUT2D eigenvalue weighted by atomic mass is 19.4. The van der Waals surface area contributed by atoms with Crippen LogP contribution in [0.4, 0.5) is 24.7 Å². The fourth-order valence-corrected chi connectivity index (χ4v) is 6.11. The fraction of sp³-hybridized carbons (Fsp3) is 0.500. The molecule has 0 radical (unpaired) electrons. The van der Waals surface area contributed by atoms with Gasteiger partial charge in [-0.05, 0) is 57.1 Å². The molecule has 0 atom stereocenters. The van der Waals surface area contributed by atoms with Crippen molar-refractivity contribution in [1.82, 2.24) is 14.9 Å². The lowest BCUT2D eigenvalue weighted by molar-refractivity contribution is -0.220. The summed E-state index contributed by atoms with van der Waals surface area (Å²) in [6.45, 7) is 10.8. The van der Waals surface area contributed by atoms with Crippen LogP contribution in [0.25, 0.3) is 16.1 Å². The van der Waals surface area contributed by atoms with E-state index in [1.54, 1.807) is 44.2 Å². The Kier molecular flexibility index (Phi) is 6.37. The van der Waals surface area contributed by atoms with Gasteiger partial charge in [-0.3, -0.25) is 9.48 Å². The number of aromatic nitrogens is 3. The van der Waals surface area contributed by atoms with E-state index >= 15 is 0 Å². The molecule has 2 bridgehead atoms. The normalized spacial score (nSPS) is 22.8. The lowest BCUT2D eigenvalue weighted by Gasteiger charge is -2.29. The molecular formula is C28H30F3N5O3. The summed E-state index contributed by atoms with van der Waals surface area (Å²) in [6, 6.07) is 8.71. The van der Waals surface area contributed by atoms with E-state index in [-0.39, 0.29) is 56.0 Å². The molecule has 206 valence electrons. The first-order valence-electron chi connectivity index (χ1n) is 12.8. The number of benzene rings is 1. The van der Waals surface area contributed by atoms with Gasteiger partial charge in [0.15, 0.2) is 0 Å².